The molecule has 0 spiro atoms. The molecule has 0 saturated heterocycles. The summed E-state index contributed by atoms with van der Waals surface area (Å²) in [5.74, 6) is 0.480. The van der Waals surface area contributed by atoms with Crippen LogP contribution in [0, 0.1) is 5.92 Å². The molecule has 0 fully saturated rings. The van der Waals surface area contributed by atoms with Crippen molar-refractivity contribution in [3.8, 4) is 0 Å². The number of hydrogen-bond donors (Lipinski definition) is 1. The fourth-order valence-electron chi connectivity index (χ4n) is 2.36. The zero-order valence-electron chi connectivity index (χ0n) is 13.2. The molecule has 0 aliphatic carbocycles. The molecule has 0 aliphatic rings. The van der Waals surface area contributed by atoms with E-state index in [0.29, 0.717) is 5.92 Å². The minimum Gasteiger partial charge on any atom is -0.345 e. The number of rotatable bonds is 7. The van der Waals surface area contributed by atoms with Gasteiger partial charge in [-0.15, -0.1) is 0 Å². The summed E-state index contributed by atoms with van der Waals surface area (Å²) in [6, 6.07) is 10.2. The quantitative estimate of drug-likeness (QED) is 0.832. The Morgan fingerprint density at radius 1 is 1.25 bits per heavy atom. The molecule has 0 bridgehead atoms. The highest BCUT2D eigenvalue weighted by atomic mass is 16.2. The van der Waals surface area contributed by atoms with Crippen LogP contribution in [0.5, 0.6) is 0 Å². The lowest BCUT2D eigenvalue weighted by Gasteiger charge is -2.28. The van der Waals surface area contributed by atoms with Crippen LogP contribution < -0.4 is 5.73 Å². The Balaban J connectivity index is 2.86. The molecule has 1 aromatic rings. The lowest BCUT2D eigenvalue weighted by atomic mass is 9.84. The summed E-state index contributed by atoms with van der Waals surface area (Å²) in [6.45, 7) is 6.97. The van der Waals surface area contributed by atoms with E-state index in [9.17, 15) is 4.79 Å². The topological polar surface area (TPSA) is 46.3 Å². The van der Waals surface area contributed by atoms with Crippen LogP contribution in [-0.2, 0) is 4.79 Å². The zero-order chi connectivity index (χ0) is 15.1. The Morgan fingerprint density at radius 3 is 2.35 bits per heavy atom. The summed E-state index contributed by atoms with van der Waals surface area (Å²) in [5.41, 5.74) is 6.89. The third kappa shape index (κ3) is 4.64. The smallest absolute Gasteiger partial charge is 0.230 e. The molecule has 3 heteroatoms. The summed E-state index contributed by atoms with van der Waals surface area (Å²) >= 11 is 0. The van der Waals surface area contributed by atoms with E-state index in [1.165, 1.54) is 0 Å². The van der Waals surface area contributed by atoms with E-state index in [-0.39, 0.29) is 17.9 Å². The molecule has 20 heavy (non-hydrogen) atoms. The average Bonchev–Trinajstić information content (AvgIpc) is 2.45. The number of amides is 1. The monoisotopic (exact) mass is 276 g/mol. The van der Waals surface area contributed by atoms with Crippen LogP contribution in [0.15, 0.2) is 30.3 Å². The van der Waals surface area contributed by atoms with Gasteiger partial charge in [0.25, 0.3) is 0 Å². The molecule has 3 atom stereocenters. The predicted octanol–water partition coefficient (Wildman–Crippen LogP) is 3.01. The van der Waals surface area contributed by atoms with Gasteiger partial charge in [-0.05, 0) is 24.8 Å². The van der Waals surface area contributed by atoms with Crippen molar-refractivity contribution < 1.29 is 4.79 Å². The first-order valence-electron chi connectivity index (χ1n) is 7.52. The Hall–Kier alpha value is -1.35. The summed E-state index contributed by atoms with van der Waals surface area (Å²) in [5, 5.41) is 0. The molecular weight excluding hydrogens is 248 g/mol. The molecule has 1 amide bonds. The van der Waals surface area contributed by atoms with E-state index < -0.39 is 0 Å². The molecule has 0 radical (unpaired) electrons. The van der Waals surface area contributed by atoms with Gasteiger partial charge in [0.1, 0.15) is 0 Å². The second kappa shape index (κ2) is 8.05. The summed E-state index contributed by atoms with van der Waals surface area (Å²) in [6.07, 6.45) is 1.83. The van der Waals surface area contributed by atoms with Crippen molar-refractivity contribution in [2.24, 2.45) is 11.7 Å². The highest BCUT2D eigenvalue weighted by Gasteiger charge is 2.28. The number of benzene rings is 1. The lowest BCUT2D eigenvalue weighted by Crippen LogP contribution is -2.36. The van der Waals surface area contributed by atoms with Gasteiger partial charge < -0.3 is 10.6 Å². The molecule has 3 nitrogen and oxygen atoms in total. The van der Waals surface area contributed by atoms with Crippen LogP contribution >= 0.6 is 0 Å². The van der Waals surface area contributed by atoms with E-state index in [4.69, 9.17) is 5.73 Å². The van der Waals surface area contributed by atoms with Crippen LogP contribution in [-0.4, -0.2) is 30.4 Å². The average molecular weight is 276 g/mol. The van der Waals surface area contributed by atoms with Gasteiger partial charge in [-0.3, -0.25) is 4.79 Å². The standard InChI is InChI=1S/C17H28N2O/c1-5-13(2)16(15-9-7-6-8-10-15)17(20)19(4)12-11-14(3)18/h6-10,13-14,16H,5,11-12,18H2,1-4H3. The minimum absolute atomic E-state index is 0.0562. The molecule has 1 aromatic carbocycles. The third-order valence-electron chi connectivity index (χ3n) is 3.93. The first-order valence-corrected chi connectivity index (χ1v) is 7.52. The minimum atomic E-state index is -0.0562. The van der Waals surface area contributed by atoms with Crippen LogP contribution in [0.25, 0.3) is 0 Å². The number of nitrogens with two attached hydrogens (primary N) is 1. The number of likely N-dealkylation sites (N-methyl/N-ethyl adjacent to an activating group) is 1. The van der Waals surface area contributed by atoms with Crippen molar-refractivity contribution in [1.29, 1.82) is 0 Å². The zero-order valence-corrected chi connectivity index (χ0v) is 13.2. The fourth-order valence-corrected chi connectivity index (χ4v) is 2.36. The van der Waals surface area contributed by atoms with Gasteiger partial charge in [0, 0.05) is 19.6 Å². The highest BCUT2D eigenvalue weighted by molar-refractivity contribution is 5.83. The van der Waals surface area contributed by atoms with Gasteiger partial charge >= 0.3 is 0 Å². The molecule has 0 aliphatic heterocycles. The predicted molar refractivity (Wildman–Crippen MR) is 84.5 cm³/mol. The van der Waals surface area contributed by atoms with Crippen LogP contribution in [0.4, 0.5) is 0 Å². The van der Waals surface area contributed by atoms with Crippen molar-refractivity contribution in [2.45, 2.75) is 45.6 Å². The Labute approximate surface area is 123 Å². The van der Waals surface area contributed by atoms with Crippen molar-refractivity contribution in [1.82, 2.24) is 4.90 Å². The number of hydrogen-bond acceptors (Lipinski definition) is 2. The van der Waals surface area contributed by atoms with Crippen molar-refractivity contribution in [3.05, 3.63) is 35.9 Å². The first kappa shape index (κ1) is 16.7. The highest BCUT2D eigenvalue weighted by Crippen LogP contribution is 2.28. The lowest BCUT2D eigenvalue weighted by molar-refractivity contribution is -0.132. The van der Waals surface area contributed by atoms with Crippen molar-refractivity contribution in [3.63, 3.8) is 0 Å². The van der Waals surface area contributed by atoms with Gasteiger partial charge in [0.15, 0.2) is 0 Å². The molecule has 3 unspecified atom stereocenters. The van der Waals surface area contributed by atoms with Gasteiger partial charge in [0.2, 0.25) is 5.91 Å². The maximum atomic E-state index is 12.7. The molecule has 0 heterocycles. The largest absolute Gasteiger partial charge is 0.345 e. The number of carbonyl (C=O) groups is 1. The van der Waals surface area contributed by atoms with E-state index >= 15 is 0 Å². The number of nitrogens with zero attached hydrogens (tertiary/aromatic N) is 1. The number of carbonyl (C=O) groups excluding carboxylic acids is 1. The van der Waals surface area contributed by atoms with Gasteiger partial charge in [-0.2, -0.15) is 0 Å². The fraction of sp³-hybridized carbons (Fsp3) is 0.588. The summed E-state index contributed by atoms with van der Waals surface area (Å²) < 4.78 is 0. The Bertz CT molecular complexity index is 403. The first-order chi connectivity index (χ1) is 9.47. The normalized spacial score (nSPS) is 15.4. The maximum Gasteiger partial charge on any atom is 0.230 e. The summed E-state index contributed by atoms with van der Waals surface area (Å²) in [7, 11) is 1.88. The molecule has 0 aromatic heterocycles. The molecule has 112 valence electrons. The Morgan fingerprint density at radius 2 is 1.85 bits per heavy atom. The molecule has 2 N–H and O–H groups in total. The summed E-state index contributed by atoms with van der Waals surface area (Å²) in [4.78, 5) is 14.6. The second-order valence-electron chi connectivity index (χ2n) is 5.80. The SMILES string of the molecule is CCC(C)C(C(=O)N(C)CCC(C)N)c1ccccc1. The second-order valence-corrected chi connectivity index (χ2v) is 5.80. The van der Waals surface area contributed by atoms with Crippen LogP contribution in [0.1, 0.15) is 45.1 Å². The third-order valence-corrected chi connectivity index (χ3v) is 3.93. The van der Waals surface area contributed by atoms with Crippen molar-refractivity contribution in [2.75, 3.05) is 13.6 Å². The van der Waals surface area contributed by atoms with E-state index in [0.717, 1.165) is 24.9 Å². The van der Waals surface area contributed by atoms with Crippen LogP contribution in [0.3, 0.4) is 0 Å². The van der Waals surface area contributed by atoms with Gasteiger partial charge in [0.05, 0.1) is 5.92 Å². The Kier molecular flexibility index (Phi) is 6.73. The molecular formula is C17H28N2O. The molecule has 1 rings (SSSR count). The van der Waals surface area contributed by atoms with E-state index in [2.05, 4.69) is 13.8 Å². The van der Waals surface area contributed by atoms with E-state index in [1.54, 1.807) is 0 Å². The molecule has 0 saturated carbocycles. The van der Waals surface area contributed by atoms with Gasteiger partial charge in [-0.1, -0.05) is 50.6 Å². The van der Waals surface area contributed by atoms with Crippen LogP contribution in [0.2, 0.25) is 0 Å². The maximum absolute atomic E-state index is 12.7. The van der Waals surface area contributed by atoms with Crippen molar-refractivity contribution >= 4 is 5.91 Å². The van der Waals surface area contributed by atoms with E-state index in [1.807, 2.05) is 49.2 Å². The van der Waals surface area contributed by atoms with Gasteiger partial charge in [-0.25, -0.2) is 0 Å².